The molecule has 1 atom stereocenters. The van der Waals surface area contributed by atoms with E-state index < -0.39 is 11.5 Å². The van der Waals surface area contributed by atoms with E-state index in [9.17, 15) is 9.90 Å². The Morgan fingerprint density at radius 2 is 2.18 bits per heavy atom. The van der Waals surface area contributed by atoms with Gasteiger partial charge in [0.05, 0.1) is 5.69 Å². The minimum atomic E-state index is -1.04. The van der Waals surface area contributed by atoms with Gasteiger partial charge in [0.1, 0.15) is 0 Å². The summed E-state index contributed by atoms with van der Waals surface area (Å²) in [6, 6.07) is 5.39. The summed E-state index contributed by atoms with van der Waals surface area (Å²) in [5, 5.41) is 12.8. The molecule has 1 aliphatic rings. The number of hydrogen-bond acceptors (Lipinski definition) is 4. The molecule has 0 aromatic carbocycles. The number of hydrogen-bond donors (Lipinski definition) is 2. The number of carboxylic acid groups (broad SMARTS) is 1. The lowest BCUT2D eigenvalue weighted by Gasteiger charge is -2.39. The maximum Gasteiger partial charge on any atom is 0.330 e. The zero-order valence-corrected chi connectivity index (χ0v) is 9.89. The minimum Gasteiger partial charge on any atom is -0.480 e. The van der Waals surface area contributed by atoms with Gasteiger partial charge in [-0.15, -0.1) is 0 Å². The van der Waals surface area contributed by atoms with Crippen molar-refractivity contribution >= 4 is 5.97 Å². The van der Waals surface area contributed by atoms with Crippen molar-refractivity contribution in [2.75, 3.05) is 26.2 Å². The second kappa shape index (κ2) is 4.81. The van der Waals surface area contributed by atoms with Gasteiger partial charge in [0, 0.05) is 32.4 Å². The fourth-order valence-electron chi connectivity index (χ4n) is 2.17. The van der Waals surface area contributed by atoms with E-state index in [-0.39, 0.29) is 0 Å². The Bertz CT molecular complexity index is 390. The number of nitrogens with zero attached hydrogens (tertiary/aromatic N) is 2. The molecule has 1 aromatic heterocycles. The molecule has 0 radical (unpaired) electrons. The smallest absolute Gasteiger partial charge is 0.330 e. The molecule has 5 nitrogen and oxygen atoms in total. The number of aromatic nitrogens is 1. The fourth-order valence-corrected chi connectivity index (χ4v) is 2.17. The minimum absolute atomic E-state index is 0.592. The summed E-state index contributed by atoms with van der Waals surface area (Å²) in [6.07, 6.45) is 1.64. The fraction of sp³-hybridized carbons (Fsp3) is 0.500. The van der Waals surface area contributed by atoms with Gasteiger partial charge >= 0.3 is 5.97 Å². The normalized spacial score (nSPS) is 20.8. The Morgan fingerprint density at radius 1 is 1.47 bits per heavy atom. The summed E-state index contributed by atoms with van der Waals surface area (Å²) in [5.74, 6) is -0.849. The molecule has 1 fully saturated rings. The number of rotatable bonds is 3. The van der Waals surface area contributed by atoms with Gasteiger partial charge in [-0.25, -0.2) is 4.79 Å². The van der Waals surface area contributed by atoms with Gasteiger partial charge in [0.2, 0.25) is 0 Å². The molecule has 0 aliphatic carbocycles. The molecule has 0 spiro atoms. The molecular weight excluding hydrogens is 218 g/mol. The average molecular weight is 235 g/mol. The van der Waals surface area contributed by atoms with Gasteiger partial charge in [-0.1, -0.05) is 6.07 Å². The van der Waals surface area contributed by atoms with E-state index >= 15 is 0 Å². The van der Waals surface area contributed by atoms with Crippen LogP contribution in [0, 0.1) is 0 Å². The van der Waals surface area contributed by atoms with E-state index in [2.05, 4.69) is 10.3 Å². The second-order valence-corrected chi connectivity index (χ2v) is 4.33. The van der Waals surface area contributed by atoms with Gasteiger partial charge in [-0.05, 0) is 19.1 Å². The predicted octanol–water partition coefficient (Wildman–Crippen LogP) is 0.287. The first-order valence-electron chi connectivity index (χ1n) is 5.76. The molecule has 2 heterocycles. The van der Waals surface area contributed by atoms with E-state index in [0.29, 0.717) is 5.69 Å². The summed E-state index contributed by atoms with van der Waals surface area (Å²) in [4.78, 5) is 17.8. The first kappa shape index (κ1) is 12.0. The Kier molecular flexibility index (Phi) is 3.40. The second-order valence-electron chi connectivity index (χ2n) is 4.33. The lowest BCUT2D eigenvalue weighted by atomic mass is 9.94. The highest BCUT2D eigenvalue weighted by Gasteiger charge is 2.42. The van der Waals surface area contributed by atoms with Crippen molar-refractivity contribution in [3.8, 4) is 0 Å². The van der Waals surface area contributed by atoms with Crippen molar-refractivity contribution in [2.45, 2.75) is 12.5 Å². The molecule has 1 aromatic rings. The van der Waals surface area contributed by atoms with E-state index in [4.69, 9.17) is 0 Å². The van der Waals surface area contributed by atoms with Crippen LogP contribution < -0.4 is 5.32 Å². The summed E-state index contributed by atoms with van der Waals surface area (Å²) >= 11 is 0. The van der Waals surface area contributed by atoms with Crippen LogP contribution in [-0.4, -0.2) is 47.1 Å². The molecule has 92 valence electrons. The molecule has 5 heteroatoms. The van der Waals surface area contributed by atoms with Crippen LogP contribution in [0.5, 0.6) is 0 Å². The van der Waals surface area contributed by atoms with Crippen LogP contribution in [0.1, 0.15) is 12.6 Å². The Balaban J connectivity index is 2.35. The Labute approximate surface area is 100 Å². The van der Waals surface area contributed by atoms with Crippen molar-refractivity contribution in [3.63, 3.8) is 0 Å². The number of pyridine rings is 1. The molecule has 2 N–H and O–H groups in total. The summed E-state index contributed by atoms with van der Waals surface area (Å²) in [6.45, 7) is 4.80. The number of aliphatic carboxylic acids is 1. The van der Waals surface area contributed by atoms with Crippen LogP contribution in [0.15, 0.2) is 24.4 Å². The molecule has 1 aliphatic heterocycles. The van der Waals surface area contributed by atoms with Crippen molar-refractivity contribution < 1.29 is 9.90 Å². The Hall–Kier alpha value is -1.46. The molecule has 1 saturated heterocycles. The number of piperazine rings is 1. The first-order valence-corrected chi connectivity index (χ1v) is 5.76. The third kappa shape index (κ3) is 2.16. The number of carbonyl (C=O) groups is 1. The topological polar surface area (TPSA) is 65.5 Å². The highest BCUT2D eigenvalue weighted by atomic mass is 16.4. The number of nitrogens with one attached hydrogen (secondary N) is 1. The Morgan fingerprint density at radius 3 is 2.71 bits per heavy atom. The van der Waals surface area contributed by atoms with Crippen molar-refractivity contribution in [2.24, 2.45) is 0 Å². The van der Waals surface area contributed by atoms with E-state index in [1.165, 1.54) is 0 Å². The van der Waals surface area contributed by atoms with E-state index in [0.717, 1.165) is 26.2 Å². The molecule has 0 saturated carbocycles. The molecule has 1 unspecified atom stereocenters. The molecule has 2 rings (SSSR count). The quantitative estimate of drug-likeness (QED) is 0.788. The summed E-state index contributed by atoms with van der Waals surface area (Å²) in [5.41, 5.74) is -0.446. The van der Waals surface area contributed by atoms with Crippen molar-refractivity contribution in [3.05, 3.63) is 30.1 Å². The van der Waals surface area contributed by atoms with Crippen LogP contribution in [0.25, 0.3) is 0 Å². The van der Waals surface area contributed by atoms with Gasteiger partial charge in [0.25, 0.3) is 0 Å². The molecule has 0 bridgehead atoms. The summed E-state index contributed by atoms with van der Waals surface area (Å²) in [7, 11) is 0. The summed E-state index contributed by atoms with van der Waals surface area (Å²) < 4.78 is 0. The third-order valence-electron chi connectivity index (χ3n) is 3.33. The van der Waals surface area contributed by atoms with E-state index in [1.807, 2.05) is 11.0 Å². The van der Waals surface area contributed by atoms with Crippen molar-refractivity contribution in [1.29, 1.82) is 0 Å². The maximum atomic E-state index is 11.6. The lowest BCUT2D eigenvalue weighted by Crippen LogP contribution is -2.57. The van der Waals surface area contributed by atoms with Crippen LogP contribution in [0.4, 0.5) is 0 Å². The third-order valence-corrected chi connectivity index (χ3v) is 3.33. The van der Waals surface area contributed by atoms with Crippen LogP contribution in [0.2, 0.25) is 0 Å². The van der Waals surface area contributed by atoms with Gasteiger partial charge in [0.15, 0.2) is 5.54 Å². The van der Waals surface area contributed by atoms with Crippen LogP contribution in [0.3, 0.4) is 0 Å². The van der Waals surface area contributed by atoms with Crippen molar-refractivity contribution in [1.82, 2.24) is 15.2 Å². The van der Waals surface area contributed by atoms with Gasteiger partial charge in [-0.3, -0.25) is 9.88 Å². The molecular formula is C12H17N3O2. The standard InChI is InChI=1S/C12H17N3O2/c1-12(11(16)17,10-4-2-3-5-14-10)15-8-6-13-7-9-15/h2-5,13H,6-9H2,1H3,(H,16,17). The molecule has 0 amide bonds. The van der Waals surface area contributed by atoms with E-state index in [1.54, 1.807) is 25.3 Å². The monoisotopic (exact) mass is 235 g/mol. The highest BCUT2D eigenvalue weighted by molar-refractivity contribution is 5.79. The molecule has 17 heavy (non-hydrogen) atoms. The van der Waals surface area contributed by atoms with Crippen LogP contribution >= 0.6 is 0 Å². The first-order chi connectivity index (χ1) is 8.15. The van der Waals surface area contributed by atoms with Gasteiger partial charge < -0.3 is 10.4 Å². The largest absolute Gasteiger partial charge is 0.480 e. The predicted molar refractivity (Wildman–Crippen MR) is 63.7 cm³/mol. The van der Waals surface area contributed by atoms with Crippen LogP contribution in [-0.2, 0) is 10.3 Å². The zero-order valence-electron chi connectivity index (χ0n) is 9.89. The lowest BCUT2D eigenvalue weighted by molar-refractivity contribution is -0.152. The maximum absolute atomic E-state index is 11.6. The highest BCUT2D eigenvalue weighted by Crippen LogP contribution is 2.27. The van der Waals surface area contributed by atoms with Gasteiger partial charge in [-0.2, -0.15) is 0 Å². The number of carboxylic acids is 1. The zero-order chi connectivity index (χ0) is 12.3. The average Bonchev–Trinajstić information content (AvgIpc) is 2.39. The SMILES string of the molecule is CC(C(=O)O)(c1ccccn1)N1CCNCC1.